The van der Waals surface area contributed by atoms with E-state index in [9.17, 15) is 8.42 Å². The van der Waals surface area contributed by atoms with Gasteiger partial charge in [0.15, 0.2) is 0 Å². The van der Waals surface area contributed by atoms with Gasteiger partial charge in [-0.1, -0.05) is 29.8 Å². The molecule has 0 saturated heterocycles. The van der Waals surface area contributed by atoms with Crippen LogP contribution in [-0.4, -0.2) is 8.42 Å². The Morgan fingerprint density at radius 3 is 2.17 bits per heavy atom. The second-order valence-corrected chi connectivity index (χ2v) is 8.28. The van der Waals surface area contributed by atoms with Crippen LogP contribution in [0.1, 0.15) is 0 Å². The molecule has 0 N–H and O–H groups in total. The van der Waals surface area contributed by atoms with Crippen LogP contribution in [0.2, 0.25) is 5.02 Å². The van der Waals surface area contributed by atoms with Crippen LogP contribution in [0, 0.1) is 3.57 Å². The van der Waals surface area contributed by atoms with E-state index < -0.39 is 31.1 Å². The third-order valence-electron chi connectivity index (χ3n) is 2.07. The quantitative estimate of drug-likeness (QED) is 0.739. The van der Waals surface area contributed by atoms with Gasteiger partial charge in [-0.05, 0) is 36.4 Å². The minimum atomic E-state index is -3.56. The Kier molecular flexibility index (Phi) is 4.47. The van der Waals surface area contributed by atoms with Gasteiger partial charge in [-0.3, -0.25) is 0 Å². The largest absolute Gasteiger partial charge is 0.286 e. The Morgan fingerprint density at radius 2 is 1.56 bits per heavy atom. The van der Waals surface area contributed by atoms with E-state index in [1.54, 1.807) is 12.1 Å². The predicted molar refractivity (Wildman–Crippen MR) is 80.2 cm³/mol. The van der Waals surface area contributed by atoms with Crippen molar-refractivity contribution in [3.63, 3.8) is 0 Å². The Morgan fingerprint density at radius 1 is 0.944 bits per heavy atom. The summed E-state index contributed by atoms with van der Waals surface area (Å²) in [6.45, 7) is 0. The fraction of sp³-hybridized carbons (Fsp3) is 0. The molecular weight excluding hydrogens is 385 g/mol. The van der Waals surface area contributed by atoms with Crippen LogP contribution in [0.25, 0.3) is 0 Å². The van der Waals surface area contributed by atoms with Gasteiger partial charge in [0.2, 0.25) is 0 Å². The summed E-state index contributed by atoms with van der Waals surface area (Å²) in [4.78, 5) is 0.183. The highest BCUT2D eigenvalue weighted by Crippen LogP contribution is 2.21. The van der Waals surface area contributed by atoms with E-state index in [-0.39, 0.29) is 4.90 Å². The monoisotopic (exact) mass is 393 g/mol. The van der Waals surface area contributed by atoms with E-state index in [0.717, 1.165) is 3.57 Å². The van der Waals surface area contributed by atoms with Crippen molar-refractivity contribution in [2.45, 2.75) is 4.90 Å². The number of rotatable bonds is 3. The summed E-state index contributed by atoms with van der Waals surface area (Å²) in [5.74, 6) is 0. The van der Waals surface area contributed by atoms with Gasteiger partial charge in [-0.2, -0.15) is 8.42 Å². The number of hydrogen-bond donors (Lipinski definition) is 0. The molecule has 0 aliphatic heterocycles. The van der Waals surface area contributed by atoms with Crippen LogP contribution in [-0.2, 0) is 10.0 Å². The van der Waals surface area contributed by atoms with Crippen LogP contribution >= 0.6 is 32.6 Å². The zero-order valence-electron chi connectivity index (χ0n) is 9.12. The van der Waals surface area contributed by atoms with E-state index in [4.69, 9.17) is 11.6 Å². The first-order chi connectivity index (χ1) is 8.58. The number of hydrogen-bond acceptors (Lipinski definition) is 2. The maximum absolute atomic E-state index is 11.9. The molecule has 0 unspecified atom stereocenters. The van der Waals surface area contributed by atoms with E-state index in [1.165, 1.54) is 12.1 Å². The van der Waals surface area contributed by atoms with E-state index in [1.807, 2.05) is 30.3 Å². The molecule has 0 bridgehead atoms. The lowest BCUT2D eigenvalue weighted by Crippen LogP contribution is -1.94. The van der Waals surface area contributed by atoms with Crippen molar-refractivity contribution in [3.8, 4) is 0 Å². The molecule has 18 heavy (non-hydrogen) atoms. The molecule has 0 atom stereocenters. The van der Waals surface area contributed by atoms with Crippen LogP contribution in [0.5, 0.6) is 0 Å². The van der Waals surface area contributed by atoms with Crippen LogP contribution < -0.4 is 0 Å². The molecule has 0 spiro atoms. The third-order valence-corrected chi connectivity index (χ3v) is 6.86. The summed E-state index contributed by atoms with van der Waals surface area (Å²) in [6, 6.07) is 15.4. The standard InChI is InChI=1S/C12H9ClINO2S/c13-10-6-8-12(9-7-10)18(16,17)15-14-11-4-2-1-3-5-11/h1-9H. The fourth-order valence-electron chi connectivity index (χ4n) is 1.20. The SMILES string of the molecule is O=S(=O)(N=Ic1ccccc1)c1ccc(Cl)cc1. The summed E-state index contributed by atoms with van der Waals surface area (Å²) in [6.07, 6.45) is 0. The van der Waals surface area contributed by atoms with Crippen LogP contribution in [0.4, 0.5) is 0 Å². The fourth-order valence-corrected chi connectivity index (χ4v) is 4.94. The molecule has 0 saturated carbocycles. The number of nitrogens with zero attached hydrogens (tertiary/aromatic N) is 1. The van der Waals surface area contributed by atoms with Gasteiger partial charge in [0.25, 0.3) is 10.0 Å². The van der Waals surface area contributed by atoms with Crippen molar-refractivity contribution in [2.24, 2.45) is 2.55 Å². The molecule has 0 amide bonds. The Hall–Kier alpha value is -0.790. The minimum absolute atomic E-state index is 0.183. The smallest absolute Gasteiger partial charge is 0.199 e. The molecule has 6 heteroatoms. The van der Waals surface area contributed by atoms with Gasteiger partial charge >= 0.3 is 0 Å². The maximum Gasteiger partial charge on any atom is 0.286 e. The normalized spacial score (nSPS) is 12.3. The summed E-state index contributed by atoms with van der Waals surface area (Å²) in [5, 5.41) is 0.506. The van der Waals surface area contributed by atoms with Crippen molar-refractivity contribution >= 4 is 42.7 Å². The molecule has 3 nitrogen and oxygen atoms in total. The maximum atomic E-state index is 11.9. The molecular formula is C12H9ClINO2S. The topological polar surface area (TPSA) is 46.5 Å². The highest BCUT2D eigenvalue weighted by atomic mass is 127. The first-order valence-corrected chi connectivity index (χ1v) is 8.86. The molecule has 2 rings (SSSR count). The lowest BCUT2D eigenvalue weighted by Gasteiger charge is -1.97. The van der Waals surface area contributed by atoms with Crippen molar-refractivity contribution < 1.29 is 8.42 Å². The molecule has 0 fully saturated rings. The highest BCUT2D eigenvalue weighted by Gasteiger charge is 2.11. The summed E-state index contributed by atoms with van der Waals surface area (Å²) >= 11 is 4.82. The minimum Gasteiger partial charge on any atom is -0.199 e. The first kappa shape index (κ1) is 13.6. The average molecular weight is 394 g/mol. The molecule has 94 valence electrons. The van der Waals surface area contributed by atoms with E-state index >= 15 is 0 Å². The lowest BCUT2D eigenvalue weighted by atomic mass is 10.4. The molecule has 0 heterocycles. The Labute approximate surface area is 121 Å². The lowest BCUT2D eigenvalue weighted by molar-refractivity contribution is 0.599. The average Bonchev–Trinajstić information content (AvgIpc) is 2.38. The number of benzene rings is 2. The molecule has 0 aliphatic carbocycles. The number of halogens is 2. The van der Waals surface area contributed by atoms with Gasteiger partial charge in [0.05, 0.1) is 4.90 Å². The molecule has 0 aromatic heterocycles. The Balaban J connectivity index is 2.28. The van der Waals surface area contributed by atoms with Crippen LogP contribution in [0.3, 0.4) is 0 Å². The second kappa shape index (κ2) is 5.90. The van der Waals surface area contributed by atoms with E-state index in [0.29, 0.717) is 5.02 Å². The van der Waals surface area contributed by atoms with Gasteiger partial charge in [-0.15, -0.1) is 2.55 Å². The molecule has 0 aliphatic rings. The summed E-state index contributed by atoms with van der Waals surface area (Å²) in [5.41, 5.74) is 0. The predicted octanol–water partition coefficient (Wildman–Crippen LogP) is 4.05. The van der Waals surface area contributed by atoms with Gasteiger partial charge in [-0.25, -0.2) is 0 Å². The van der Waals surface area contributed by atoms with Gasteiger partial charge < -0.3 is 0 Å². The van der Waals surface area contributed by atoms with Crippen molar-refractivity contribution in [1.82, 2.24) is 0 Å². The van der Waals surface area contributed by atoms with Crippen molar-refractivity contribution in [3.05, 3.63) is 63.2 Å². The third kappa shape index (κ3) is 3.60. The van der Waals surface area contributed by atoms with E-state index in [2.05, 4.69) is 2.55 Å². The molecule has 0 radical (unpaired) electrons. The molecule has 2 aromatic carbocycles. The molecule has 2 aromatic rings. The summed E-state index contributed by atoms with van der Waals surface area (Å²) in [7, 11) is -3.56. The van der Waals surface area contributed by atoms with Crippen LogP contribution in [0.15, 0.2) is 62.0 Å². The zero-order valence-corrected chi connectivity index (χ0v) is 12.9. The summed E-state index contributed by atoms with van der Waals surface area (Å²) < 4.78 is 28.7. The zero-order chi connectivity index (χ0) is 13.0. The highest BCUT2D eigenvalue weighted by molar-refractivity contribution is 14.2. The second-order valence-electron chi connectivity index (χ2n) is 3.38. The number of sulfonamides is 1. The van der Waals surface area contributed by atoms with Crippen molar-refractivity contribution in [1.29, 1.82) is 0 Å². The van der Waals surface area contributed by atoms with Gasteiger partial charge in [0.1, 0.15) is 0 Å². The van der Waals surface area contributed by atoms with Crippen molar-refractivity contribution in [2.75, 3.05) is 0 Å². The Bertz CT molecular complexity index is 654. The first-order valence-electron chi connectivity index (χ1n) is 5.00. The van der Waals surface area contributed by atoms with Gasteiger partial charge in [0, 0.05) is 29.6 Å².